The Morgan fingerprint density at radius 1 is 1.41 bits per heavy atom. The molecule has 2 aromatic rings. The van der Waals surface area contributed by atoms with Crippen LogP contribution in [0.3, 0.4) is 0 Å². The summed E-state index contributed by atoms with van der Waals surface area (Å²) >= 11 is 6.03. The lowest BCUT2D eigenvalue weighted by atomic mass is 10.0. The Labute approximate surface area is 131 Å². The molecule has 5 nitrogen and oxygen atoms in total. The van der Waals surface area contributed by atoms with Crippen molar-refractivity contribution in [3.05, 3.63) is 51.7 Å². The van der Waals surface area contributed by atoms with Crippen molar-refractivity contribution in [1.82, 2.24) is 9.97 Å². The normalized spacial score (nSPS) is 10.5. The van der Waals surface area contributed by atoms with E-state index in [1.54, 1.807) is 19.9 Å². The summed E-state index contributed by atoms with van der Waals surface area (Å²) in [5.41, 5.74) is 1.79. The molecule has 1 aromatic heterocycles. The van der Waals surface area contributed by atoms with Gasteiger partial charge < -0.3 is 9.84 Å². The third kappa shape index (κ3) is 3.51. The van der Waals surface area contributed by atoms with Crippen molar-refractivity contribution in [2.45, 2.75) is 20.3 Å². The van der Waals surface area contributed by atoms with E-state index >= 15 is 0 Å². The smallest absolute Gasteiger partial charge is 0.374 e. The second-order valence-electron chi connectivity index (χ2n) is 4.57. The first kappa shape index (κ1) is 16.2. The van der Waals surface area contributed by atoms with E-state index in [2.05, 4.69) is 9.97 Å². The van der Waals surface area contributed by atoms with Crippen LogP contribution in [0.15, 0.2) is 18.2 Å². The van der Waals surface area contributed by atoms with Crippen LogP contribution in [0.1, 0.15) is 34.4 Å². The Balaban J connectivity index is 2.47. The molecule has 0 radical (unpaired) electrons. The summed E-state index contributed by atoms with van der Waals surface area (Å²) < 4.78 is 18.5. The summed E-state index contributed by atoms with van der Waals surface area (Å²) in [6.45, 7) is 3.77. The Kier molecular flexibility index (Phi) is 4.92. The average molecular weight is 325 g/mol. The van der Waals surface area contributed by atoms with Crippen LogP contribution in [-0.4, -0.2) is 27.7 Å². The zero-order chi connectivity index (χ0) is 16.3. The van der Waals surface area contributed by atoms with E-state index in [1.165, 1.54) is 12.1 Å². The first-order valence-electron chi connectivity index (χ1n) is 6.60. The highest BCUT2D eigenvalue weighted by Gasteiger charge is 2.18. The Morgan fingerprint density at radius 3 is 2.73 bits per heavy atom. The summed E-state index contributed by atoms with van der Waals surface area (Å²) in [5, 5.41) is 9.30. The topological polar surface area (TPSA) is 72.3 Å². The van der Waals surface area contributed by atoms with Gasteiger partial charge in [0.15, 0.2) is 0 Å². The summed E-state index contributed by atoms with van der Waals surface area (Å²) in [7, 11) is 0. The van der Waals surface area contributed by atoms with Gasteiger partial charge in [0.1, 0.15) is 5.82 Å². The summed E-state index contributed by atoms with van der Waals surface area (Å²) in [5.74, 6) is -1.77. The number of hydrogen-bond donors (Lipinski definition) is 1. The molecule has 0 saturated carbocycles. The molecule has 0 atom stereocenters. The molecule has 0 fully saturated rings. The van der Waals surface area contributed by atoms with Crippen molar-refractivity contribution >= 4 is 17.6 Å². The molecule has 0 spiro atoms. The number of rotatable bonds is 5. The fourth-order valence-corrected chi connectivity index (χ4v) is 2.21. The van der Waals surface area contributed by atoms with Crippen molar-refractivity contribution in [1.29, 1.82) is 0 Å². The van der Waals surface area contributed by atoms with E-state index < -0.39 is 11.8 Å². The van der Waals surface area contributed by atoms with E-state index in [-0.39, 0.29) is 16.7 Å². The largest absolute Gasteiger partial charge is 0.478 e. The fourth-order valence-electron chi connectivity index (χ4n) is 1.98. The molecule has 2 rings (SSSR count). The maximum Gasteiger partial charge on any atom is 0.374 e. The summed E-state index contributed by atoms with van der Waals surface area (Å²) in [6.07, 6.45) is 0.320. The number of ether oxygens (including phenoxy) is 1. The fraction of sp³-hybridized carbons (Fsp3) is 0.267. The highest BCUT2D eigenvalue weighted by molar-refractivity contribution is 6.31. The number of carboxylic acids is 1. The molecule has 1 heterocycles. The van der Waals surface area contributed by atoms with E-state index in [4.69, 9.17) is 21.4 Å². The minimum absolute atomic E-state index is 0.202. The highest BCUT2D eigenvalue weighted by Crippen LogP contribution is 2.26. The number of hydrogen-bond acceptors (Lipinski definition) is 4. The molecule has 116 valence electrons. The minimum atomic E-state index is -1.23. The van der Waals surface area contributed by atoms with E-state index in [9.17, 15) is 9.18 Å². The number of carbonyl (C=O) groups is 1. The van der Waals surface area contributed by atoms with Gasteiger partial charge in [0, 0.05) is 22.7 Å². The van der Waals surface area contributed by atoms with Gasteiger partial charge >= 0.3 is 5.97 Å². The first-order chi connectivity index (χ1) is 10.4. The number of benzene rings is 1. The van der Waals surface area contributed by atoms with Gasteiger partial charge in [0.05, 0.1) is 6.61 Å². The van der Waals surface area contributed by atoms with Crippen LogP contribution in [-0.2, 0) is 6.42 Å². The van der Waals surface area contributed by atoms with Crippen LogP contribution in [0.4, 0.5) is 4.39 Å². The van der Waals surface area contributed by atoms with Crippen molar-refractivity contribution < 1.29 is 19.0 Å². The van der Waals surface area contributed by atoms with Crippen molar-refractivity contribution in [2.24, 2.45) is 0 Å². The van der Waals surface area contributed by atoms with Crippen LogP contribution in [0.25, 0.3) is 0 Å². The zero-order valence-corrected chi connectivity index (χ0v) is 12.8. The van der Waals surface area contributed by atoms with Crippen LogP contribution in [0.2, 0.25) is 5.02 Å². The Hall–Kier alpha value is -2.21. The predicted molar refractivity (Wildman–Crippen MR) is 79.1 cm³/mol. The molecule has 0 aliphatic rings. The zero-order valence-electron chi connectivity index (χ0n) is 12.1. The van der Waals surface area contributed by atoms with Crippen LogP contribution in [0.5, 0.6) is 5.88 Å². The molecular formula is C15H14ClFN2O3. The van der Waals surface area contributed by atoms with Crippen molar-refractivity contribution in [3.8, 4) is 5.88 Å². The third-order valence-corrected chi connectivity index (χ3v) is 3.38. The molecule has 7 heteroatoms. The van der Waals surface area contributed by atoms with E-state index in [0.717, 1.165) is 0 Å². The molecule has 1 aromatic carbocycles. The molecule has 0 unspecified atom stereocenters. The number of nitrogens with zero attached hydrogens (tertiary/aromatic N) is 2. The molecule has 0 amide bonds. The van der Waals surface area contributed by atoms with Crippen molar-refractivity contribution in [2.75, 3.05) is 6.61 Å². The molecule has 0 aliphatic carbocycles. The standard InChI is InChI=1S/C15H14ClFN2O3/c1-3-22-14-11(8(2)18-13(19-14)15(20)21)6-9-4-5-10(17)7-12(9)16/h4-5,7H,3,6H2,1-2H3,(H,20,21). The molecule has 0 aliphatic heterocycles. The Morgan fingerprint density at radius 2 is 2.14 bits per heavy atom. The molecule has 22 heavy (non-hydrogen) atoms. The van der Waals surface area contributed by atoms with Crippen LogP contribution >= 0.6 is 11.6 Å². The lowest BCUT2D eigenvalue weighted by molar-refractivity contribution is 0.0681. The third-order valence-electron chi connectivity index (χ3n) is 3.03. The maximum absolute atomic E-state index is 13.1. The number of carboxylic acid groups (broad SMARTS) is 1. The highest BCUT2D eigenvalue weighted by atomic mass is 35.5. The predicted octanol–water partition coefficient (Wildman–Crippen LogP) is 3.27. The van der Waals surface area contributed by atoms with Crippen LogP contribution < -0.4 is 4.74 Å². The van der Waals surface area contributed by atoms with Gasteiger partial charge in [-0.1, -0.05) is 17.7 Å². The maximum atomic E-state index is 13.1. The average Bonchev–Trinajstić information content (AvgIpc) is 2.44. The minimum Gasteiger partial charge on any atom is -0.478 e. The molecular weight excluding hydrogens is 311 g/mol. The van der Waals surface area contributed by atoms with E-state index in [0.29, 0.717) is 29.8 Å². The Bertz CT molecular complexity index is 722. The van der Waals surface area contributed by atoms with Gasteiger partial charge in [0.2, 0.25) is 11.7 Å². The lowest BCUT2D eigenvalue weighted by Crippen LogP contribution is -2.11. The monoisotopic (exact) mass is 324 g/mol. The van der Waals surface area contributed by atoms with Gasteiger partial charge in [0.25, 0.3) is 0 Å². The van der Waals surface area contributed by atoms with Gasteiger partial charge in [-0.3, -0.25) is 0 Å². The van der Waals surface area contributed by atoms with E-state index in [1.807, 2.05) is 0 Å². The second-order valence-corrected chi connectivity index (χ2v) is 4.97. The lowest BCUT2D eigenvalue weighted by Gasteiger charge is -2.13. The van der Waals surface area contributed by atoms with Crippen molar-refractivity contribution in [3.63, 3.8) is 0 Å². The molecule has 1 N–H and O–H groups in total. The van der Waals surface area contributed by atoms with Gasteiger partial charge in [-0.25, -0.2) is 14.2 Å². The van der Waals surface area contributed by atoms with Crippen LogP contribution in [0, 0.1) is 12.7 Å². The first-order valence-corrected chi connectivity index (χ1v) is 6.97. The summed E-state index contributed by atoms with van der Waals surface area (Å²) in [4.78, 5) is 18.9. The van der Waals surface area contributed by atoms with Gasteiger partial charge in [-0.2, -0.15) is 4.98 Å². The number of aromatic carboxylic acids is 1. The number of halogens is 2. The number of aromatic nitrogens is 2. The SMILES string of the molecule is CCOc1nc(C(=O)O)nc(C)c1Cc1ccc(F)cc1Cl. The van der Waals surface area contributed by atoms with Gasteiger partial charge in [-0.15, -0.1) is 0 Å². The van der Waals surface area contributed by atoms with Gasteiger partial charge in [-0.05, 0) is 31.5 Å². The second kappa shape index (κ2) is 6.70. The quantitative estimate of drug-likeness (QED) is 0.914. The number of aryl methyl sites for hydroxylation is 1. The molecule has 0 saturated heterocycles. The molecule has 0 bridgehead atoms. The summed E-state index contributed by atoms with van der Waals surface area (Å²) in [6, 6.07) is 4.10.